The van der Waals surface area contributed by atoms with Crippen LogP contribution in [0.25, 0.3) is 0 Å². The second-order valence-corrected chi connectivity index (χ2v) is 3.97. The third-order valence-electron chi connectivity index (χ3n) is 2.23. The van der Waals surface area contributed by atoms with E-state index in [1.54, 1.807) is 19.2 Å². The minimum absolute atomic E-state index is 0.198. The van der Waals surface area contributed by atoms with Crippen molar-refractivity contribution in [2.24, 2.45) is 0 Å². The highest BCUT2D eigenvalue weighted by Crippen LogP contribution is 2.23. The number of aromatic nitrogens is 2. The number of hydrogen-bond donors (Lipinski definition) is 0. The highest BCUT2D eigenvalue weighted by Gasteiger charge is 2.07. The summed E-state index contributed by atoms with van der Waals surface area (Å²) in [6.07, 6.45) is 0.617. The quantitative estimate of drug-likeness (QED) is 0.806. The topological polar surface area (TPSA) is 57.4 Å². The molecule has 2 rings (SSSR count). The zero-order chi connectivity index (χ0) is 12.8. The number of nitrogens with zero attached hydrogens (tertiary/aromatic N) is 2. The lowest BCUT2D eigenvalue weighted by Crippen LogP contribution is -1.98. The Labute approximate surface area is 110 Å². The van der Waals surface area contributed by atoms with Gasteiger partial charge in [0.25, 0.3) is 5.89 Å². The average molecular weight is 269 g/mol. The van der Waals surface area contributed by atoms with Crippen LogP contribution in [0.5, 0.6) is 5.75 Å². The molecule has 18 heavy (non-hydrogen) atoms. The van der Waals surface area contributed by atoms with Gasteiger partial charge in [0.1, 0.15) is 5.75 Å². The van der Waals surface area contributed by atoms with Gasteiger partial charge in [-0.2, -0.15) is 4.98 Å². The predicted molar refractivity (Wildman–Crippen MR) is 65.7 cm³/mol. The lowest BCUT2D eigenvalue weighted by atomic mass is 10.3. The fourth-order valence-electron chi connectivity index (χ4n) is 1.34. The monoisotopic (exact) mass is 268 g/mol. The SMILES string of the molecule is COCCc1noc(COc2ccccc2Cl)n1. The van der Waals surface area contributed by atoms with E-state index in [2.05, 4.69) is 10.1 Å². The van der Waals surface area contributed by atoms with Gasteiger partial charge in [-0.15, -0.1) is 0 Å². The third kappa shape index (κ3) is 3.45. The molecule has 2 aromatic rings. The van der Waals surface area contributed by atoms with E-state index in [9.17, 15) is 0 Å². The van der Waals surface area contributed by atoms with Crippen molar-refractivity contribution in [1.82, 2.24) is 10.1 Å². The zero-order valence-electron chi connectivity index (χ0n) is 9.93. The molecule has 0 aliphatic rings. The molecule has 0 bridgehead atoms. The Morgan fingerprint density at radius 1 is 1.33 bits per heavy atom. The summed E-state index contributed by atoms with van der Waals surface area (Å²) in [5.74, 6) is 1.62. The minimum atomic E-state index is 0.198. The molecule has 0 amide bonds. The van der Waals surface area contributed by atoms with Crippen molar-refractivity contribution in [1.29, 1.82) is 0 Å². The maximum Gasteiger partial charge on any atom is 0.264 e. The number of rotatable bonds is 6. The predicted octanol–water partition coefficient (Wildman–Crippen LogP) is 2.49. The van der Waals surface area contributed by atoms with Crippen LogP contribution in [0.15, 0.2) is 28.8 Å². The Morgan fingerprint density at radius 2 is 2.17 bits per heavy atom. The first kappa shape index (κ1) is 12.9. The van der Waals surface area contributed by atoms with Crippen molar-refractivity contribution in [3.8, 4) is 5.75 Å². The highest BCUT2D eigenvalue weighted by atomic mass is 35.5. The molecule has 0 N–H and O–H groups in total. The van der Waals surface area contributed by atoms with Crippen LogP contribution < -0.4 is 4.74 Å². The molecule has 0 saturated heterocycles. The highest BCUT2D eigenvalue weighted by molar-refractivity contribution is 6.32. The molecule has 1 heterocycles. The van der Waals surface area contributed by atoms with Crippen molar-refractivity contribution in [2.45, 2.75) is 13.0 Å². The van der Waals surface area contributed by atoms with E-state index in [-0.39, 0.29) is 6.61 Å². The Morgan fingerprint density at radius 3 is 2.94 bits per heavy atom. The molecule has 0 spiro atoms. The number of hydrogen-bond acceptors (Lipinski definition) is 5. The second kappa shape index (κ2) is 6.37. The summed E-state index contributed by atoms with van der Waals surface area (Å²) in [5, 5.41) is 4.36. The maximum absolute atomic E-state index is 5.96. The number of para-hydroxylation sites is 1. The summed E-state index contributed by atoms with van der Waals surface area (Å²) in [4.78, 5) is 4.17. The largest absolute Gasteiger partial charge is 0.482 e. The number of halogens is 1. The van der Waals surface area contributed by atoms with Gasteiger partial charge in [-0.3, -0.25) is 0 Å². The number of benzene rings is 1. The molecule has 0 aliphatic carbocycles. The van der Waals surface area contributed by atoms with E-state index in [1.165, 1.54) is 0 Å². The first-order valence-corrected chi connectivity index (χ1v) is 5.85. The van der Waals surface area contributed by atoms with E-state index >= 15 is 0 Å². The minimum Gasteiger partial charge on any atom is -0.482 e. The average Bonchev–Trinajstić information content (AvgIpc) is 2.83. The maximum atomic E-state index is 5.96. The Balaban J connectivity index is 1.90. The van der Waals surface area contributed by atoms with Crippen LogP contribution in [0.2, 0.25) is 5.02 Å². The van der Waals surface area contributed by atoms with Gasteiger partial charge >= 0.3 is 0 Å². The standard InChI is InChI=1S/C12H13ClN2O3/c1-16-7-6-11-14-12(18-15-11)8-17-10-5-3-2-4-9(10)13/h2-5H,6-8H2,1H3. The number of ether oxygens (including phenoxy) is 2. The van der Waals surface area contributed by atoms with Gasteiger partial charge in [0.05, 0.1) is 11.6 Å². The summed E-state index contributed by atoms with van der Waals surface area (Å²) in [6.45, 7) is 0.758. The van der Waals surface area contributed by atoms with Crippen molar-refractivity contribution in [3.63, 3.8) is 0 Å². The summed E-state index contributed by atoms with van der Waals surface area (Å²) in [5.41, 5.74) is 0. The fourth-order valence-corrected chi connectivity index (χ4v) is 1.54. The summed E-state index contributed by atoms with van der Waals surface area (Å²) < 4.78 is 15.4. The first-order chi connectivity index (χ1) is 8.79. The normalized spacial score (nSPS) is 10.6. The van der Waals surface area contributed by atoms with Gasteiger partial charge in [-0.1, -0.05) is 28.9 Å². The molecular formula is C12H13ClN2O3. The van der Waals surface area contributed by atoms with Crippen LogP contribution in [0.4, 0.5) is 0 Å². The van der Waals surface area contributed by atoms with E-state index in [1.807, 2.05) is 12.1 Å². The van der Waals surface area contributed by atoms with E-state index in [0.717, 1.165) is 0 Å². The second-order valence-electron chi connectivity index (χ2n) is 3.57. The lowest BCUT2D eigenvalue weighted by Gasteiger charge is -2.04. The molecule has 6 heteroatoms. The van der Waals surface area contributed by atoms with Gasteiger partial charge in [0.15, 0.2) is 12.4 Å². The fraction of sp³-hybridized carbons (Fsp3) is 0.333. The molecule has 0 radical (unpaired) electrons. The smallest absolute Gasteiger partial charge is 0.264 e. The molecule has 0 atom stereocenters. The van der Waals surface area contributed by atoms with Gasteiger partial charge in [-0.05, 0) is 12.1 Å². The van der Waals surface area contributed by atoms with Crippen molar-refractivity contribution >= 4 is 11.6 Å². The molecule has 1 aromatic carbocycles. The number of methoxy groups -OCH3 is 1. The molecular weight excluding hydrogens is 256 g/mol. The van der Waals surface area contributed by atoms with E-state index in [0.29, 0.717) is 35.5 Å². The van der Waals surface area contributed by atoms with Crippen LogP contribution in [0.1, 0.15) is 11.7 Å². The van der Waals surface area contributed by atoms with Crippen molar-refractivity contribution in [2.75, 3.05) is 13.7 Å². The Hall–Kier alpha value is -1.59. The molecule has 5 nitrogen and oxygen atoms in total. The Bertz CT molecular complexity index is 502. The van der Waals surface area contributed by atoms with Gasteiger partial charge in [0.2, 0.25) is 0 Å². The Kier molecular flexibility index (Phi) is 4.55. The van der Waals surface area contributed by atoms with Crippen LogP contribution in [0, 0.1) is 0 Å². The molecule has 0 aliphatic heterocycles. The van der Waals surface area contributed by atoms with Crippen LogP contribution in [-0.4, -0.2) is 23.9 Å². The van der Waals surface area contributed by atoms with Crippen LogP contribution in [-0.2, 0) is 17.8 Å². The van der Waals surface area contributed by atoms with Gasteiger partial charge in [-0.25, -0.2) is 0 Å². The molecule has 1 aromatic heterocycles. The molecule has 96 valence electrons. The van der Waals surface area contributed by atoms with E-state index < -0.39 is 0 Å². The molecule has 0 fully saturated rings. The summed E-state index contributed by atoms with van der Waals surface area (Å²) in [7, 11) is 1.63. The van der Waals surface area contributed by atoms with Gasteiger partial charge in [0, 0.05) is 13.5 Å². The summed E-state index contributed by atoms with van der Waals surface area (Å²) in [6, 6.07) is 7.23. The van der Waals surface area contributed by atoms with Crippen LogP contribution >= 0.6 is 11.6 Å². The summed E-state index contributed by atoms with van der Waals surface area (Å²) >= 11 is 5.96. The van der Waals surface area contributed by atoms with Crippen LogP contribution in [0.3, 0.4) is 0 Å². The zero-order valence-corrected chi connectivity index (χ0v) is 10.7. The lowest BCUT2D eigenvalue weighted by molar-refractivity contribution is 0.199. The van der Waals surface area contributed by atoms with Crippen molar-refractivity contribution in [3.05, 3.63) is 41.0 Å². The molecule has 0 unspecified atom stereocenters. The van der Waals surface area contributed by atoms with Gasteiger partial charge < -0.3 is 14.0 Å². The molecule has 0 saturated carbocycles. The third-order valence-corrected chi connectivity index (χ3v) is 2.54. The van der Waals surface area contributed by atoms with Crippen molar-refractivity contribution < 1.29 is 14.0 Å². The van der Waals surface area contributed by atoms with E-state index in [4.69, 9.17) is 25.6 Å². The first-order valence-electron chi connectivity index (χ1n) is 5.47.